The van der Waals surface area contributed by atoms with Crippen molar-refractivity contribution in [2.75, 3.05) is 12.3 Å². The highest BCUT2D eigenvalue weighted by molar-refractivity contribution is 7.89. The molecule has 0 aromatic heterocycles. The number of sulfonamides is 1. The first-order valence-corrected chi connectivity index (χ1v) is 10.2. The van der Waals surface area contributed by atoms with E-state index >= 15 is 0 Å². The van der Waals surface area contributed by atoms with Crippen molar-refractivity contribution in [2.45, 2.75) is 37.1 Å². The van der Waals surface area contributed by atoms with E-state index in [1.165, 1.54) is 0 Å². The number of fused-ring (bicyclic) bond motifs is 1. The predicted octanol–water partition coefficient (Wildman–Crippen LogP) is 2.94. The van der Waals surface area contributed by atoms with Gasteiger partial charge < -0.3 is 10.5 Å². The Morgan fingerprint density at radius 1 is 1.30 bits per heavy atom. The van der Waals surface area contributed by atoms with Crippen LogP contribution in [0.4, 0.5) is 10.1 Å². The highest BCUT2D eigenvalue weighted by atomic mass is 32.2. The average Bonchev–Trinajstić information content (AvgIpc) is 2.61. The van der Waals surface area contributed by atoms with Crippen LogP contribution in [-0.2, 0) is 21.2 Å². The zero-order chi connectivity index (χ0) is 19.6. The van der Waals surface area contributed by atoms with Crippen LogP contribution in [0.25, 0.3) is 0 Å². The molecule has 0 radical (unpaired) electrons. The molecular weight excluding hydrogens is 371 g/mol. The topological polar surface area (TPSA) is 98.5 Å². The van der Waals surface area contributed by atoms with Crippen molar-refractivity contribution in [1.82, 2.24) is 4.72 Å². The lowest BCUT2D eigenvalue weighted by Gasteiger charge is -2.26. The highest BCUT2D eigenvalue weighted by Crippen LogP contribution is 2.32. The van der Waals surface area contributed by atoms with Gasteiger partial charge in [-0.2, -0.15) is 0 Å². The second-order valence-electron chi connectivity index (χ2n) is 6.42. The summed E-state index contributed by atoms with van der Waals surface area (Å²) in [6, 6.07) is 7.91. The summed E-state index contributed by atoms with van der Waals surface area (Å²) in [5.41, 5.74) is 8.15. The van der Waals surface area contributed by atoms with Gasteiger partial charge >= 0.3 is 5.97 Å². The Balaban J connectivity index is 1.91. The third-order valence-corrected chi connectivity index (χ3v) is 5.92. The largest absolute Gasteiger partial charge is 0.462 e. The Morgan fingerprint density at radius 2 is 2.07 bits per heavy atom. The number of nitrogens with two attached hydrogens (primary N) is 1. The van der Waals surface area contributed by atoms with Gasteiger partial charge in [-0.15, -0.1) is 0 Å². The first kappa shape index (κ1) is 19.3. The van der Waals surface area contributed by atoms with Crippen molar-refractivity contribution in [3.8, 4) is 0 Å². The Hall–Kier alpha value is -2.45. The molecule has 27 heavy (non-hydrogen) atoms. The monoisotopic (exact) mass is 392 g/mol. The van der Waals surface area contributed by atoms with Crippen molar-refractivity contribution in [1.29, 1.82) is 0 Å². The van der Waals surface area contributed by atoms with Gasteiger partial charge in [0.25, 0.3) is 0 Å². The second-order valence-corrected chi connectivity index (χ2v) is 8.13. The maximum absolute atomic E-state index is 13.9. The molecule has 2 aromatic rings. The normalized spacial score (nSPS) is 16.6. The van der Waals surface area contributed by atoms with Crippen LogP contribution >= 0.6 is 0 Å². The van der Waals surface area contributed by atoms with E-state index in [1.807, 2.05) is 12.1 Å². The lowest BCUT2D eigenvalue weighted by molar-refractivity contribution is 0.0525. The molecule has 0 saturated heterocycles. The van der Waals surface area contributed by atoms with E-state index < -0.39 is 27.9 Å². The second kappa shape index (κ2) is 7.66. The number of aryl methyl sites for hydroxylation is 1. The SMILES string of the molecule is CCOC(=O)c1cc(F)cc(S(=O)(=O)NC2CCCc3cc(N)ccc32)c1. The summed E-state index contributed by atoms with van der Waals surface area (Å²) in [5.74, 6) is -1.59. The number of ether oxygens (including phenoxy) is 1. The van der Waals surface area contributed by atoms with Gasteiger partial charge in [0.15, 0.2) is 0 Å². The molecule has 0 spiro atoms. The minimum absolute atomic E-state index is 0.109. The van der Waals surface area contributed by atoms with Gasteiger partial charge in [0.2, 0.25) is 10.0 Å². The Morgan fingerprint density at radius 3 is 2.81 bits per heavy atom. The van der Waals surface area contributed by atoms with Crippen LogP contribution in [0.3, 0.4) is 0 Å². The molecule has 0 bridgehead atoms. The Kier molecular flexibility index (Phi) is 5.48. The number of carbonyl (C=O) groups excluding carboxylic acids is 1. The molecule has 1 atom stereocenters. The first-order chi connectivity index (χ1) is 12.8. The van der Waals surface area contributed by atoms with Crippen molar-refractivity contribution in [2.24, 2.45) is 0 Å². The van der Waals surface area contributed by atoms with Gasteiger partial charge in [-0.25, -0.2) is 22.3 Å². The van der Waals surface area contributed by atoms with Crippen molar-refractivity contribution in [3.05, 3.63) is 58.9 Å². The molecular formula is C19H21FN2O4S. The molecule has 1 unspecified atom stereocenters. The number of benzene rings is 2. The zero-order valence-corrected chi connectivity index (χ0v) is 15.7. The van der Waals surface area contributed by atoms with Gasteiger partial charge in [-0.3, -0.25) is 0 Å². The molecule has 0 heterocycles. The molecule has 0 fully saturated rings. The highest BCUT2D eigenvalue weighted by Gasteiger charge is 2.27. The third-order valence-electron chi connectivity index (χ3n) is 4.47. The number of hydrogen-bond acceptors (Lipinski definition) is 5. The number of halogens is 1. The summed E-state index contributed by atoms with van der Waals surface area (Å²) >= 11 is 0. The van der Waals surface area contributed by atoms with E-state index in [0.29, 0.717) is 12.1 Å². The van der Waals surface area contributed by atoms with Crippen molar-refractivity contribution in [3.63, 3.8) is 0 Å². The van der Waals surface area contributed by atoms with Crippen LogP contribution in [0, 0.1) is 5.82 Å². The smallest absolute Gasteiger partial charge is 0.338 e. The number of esters is 1. The fourth-order valence-electron chi connectivity index (χ4n) is 3.26. The van der Waals surface area contributed by atoms with E-state index in [0.717, 1.165) is 42.2 Å². The molecule has 1 aliphatic rings. The molecule has 1 aliphatic carbocycles. The van der Waals surface area contributed by atoms with Gasteiger partial charge in [0.05, 0.1) is 17.1 Å². The molecule has 3 rings (SSSR count). The lowest BCUT2D eigenvalue weighted by atomic mass is 9.88. The van der Waals surface area contributed by atoms with Crippen LogP contribution in [0.15, 0.2) is 41.3 Å². The van der Waals surface area contributed by atoms with E-state index in [9.17, 15) is 17.6 Å². The number of anilines is 1. The van der Waals surface area contributed by atoms with Crippen molar-refractivity contribution >= 4 is 21.7 Å². The summed E-state index contributed by atoms with van der Waals surface area (Å²) in [6.07, 6.45) is 2.25. The first-order valence-electron chi connectivity index (χ1n) is 8.68. The standard InChI is InChI=1S/C19H21FN2O4S/c1-2-26-19(23)13-8-14(20)11-16(10-13)27(24,25)22-18-5-3-4-12-9-15(21)6-7-17(12)18/h6-11,18,22H,2-5,21H2,1H3. The van der Waals surface area contributed by atoms with Gasteiger partial charge in [-0.1, -0.05) is 6.07 Å². The molecule has 2 aromatic carbocycles. The molecule has 6 nitrogen and oxygen atoms in total. The molecule has 0 saturated carbocycles. The summed E-state index contributed by atoms with van der Waals surface area (Å²) in [6.45, 7) is 1.72. The maximum Gasteiger partial charge on any atom is 0.338 e. The minimum atomic E-state index is -4.04. The van der Waals surface area contributed by atoms with E-state index in [-0.39, 0.29) is 17.1 Å². The number of carbonyl (C=O) groups is 1. The number of nitrogen functional groups attached to an aromatic ring is 1. The quantitative estimate of drug-likeness (QED) is 0.602. The van der Waals surface area contributed by atoms with Crippen LogP contribution in [0.1, 0.15) is 47.3 Å². The summed E-state index contributed by atoms with van der Waals surface area (Å²) in [5, 5.41) is 0. The van der Waals surface area contributed by atoms with Crippen molar-refractivity contribution < 1.29 is 22.3 Å². The molecule has 0 amide bonds. The average molecular weight is 392 g/mol. The Labute approximate surface area is 157 Å². The summed E-state index contributed by atoms with van der Waals surface area (Å²) < 4.78 is 47.0. The minimum Gasteiger partial charge on any atom is -0.462 e. The van der Waals surface area contributed by atoms with Gasteiger partial charge in [0, 0.05) is 11.7 Å². The number of rotatable bonds is 5. The lowest BCUT2D eigenvalue weighted by Crippen LogP contribution is -2.31. The maximum atomic E-state index is 13.9. The zero-order valence-electron chi connectivity index (χ0n) is 14.9. The van der Waals surface area contributed by atoms with Gasteiger partial charge in [-0.05, 0) is 67.6 Å². The summed E-state index contributed by atoms with van der Waals surface area (Å²) in [7, 11) is -4.04. The molecule has 3 N–H and O–H groups in total. The van der Waals surface area contributed by atoms with Crippen LogP contribution in [0.2, 0.25) is 0 Å². The molecule has 144 valence electrons. The predicted molar refractivity (Wildman–Crippen MR) is 99.2 cm³/mol. The van der Waals surface area contributed by atoms with Crippen LogP contribution in [0.5, 0.6) is 0 Å². The third kappa shape index (κ3) is 4.28. The number of nitrogens with one attached hydrogen (secondary N) is 1. The molecule has 0 aliphatic heterocycles. The van der Waals surface area contributed by atoms with Gasteiger partial charge in [0.1, 0.15) is 5.82 Å². The summed E-state index contributed by atoms with van der Waals surface area (Å²) in [4.78, 5) is 11.5. The van der Waals surface area contributed by atoms with Crippen LogP contribution in [-0.4, -0.2) is 21.0 Å². The molecule has 8 heteroatoms. The fraction of sp³-hybridized carbons (Fsp3) is 0.316. The van der Waals surface area contributed by atoms with Crippen LogP contribution < -0.4 is 10.5 Å². The fourth-order valence-corrected chi connectivity index (χ4v) is 4.57. The van der Waals surface area contributed by atoms with E-state index in [4.69, 9.17) is 10.5 Å². The Bertz CT molecular complexity index is 976. The number of hydrogen-bond donors (Lipinski definition) is 2. The van der Waals surface area contributed by atoms with E-state index in [2.05, 4.69) is 4.72 Å². The van der Waals surface area contributed by atoms with E-state index in [1.54, 1.807) is 13.0 Å².